The van der Waals surface area contributed by atoms with E-state index in [9.17, 15) is 18.4 Å². The van der Waals surface area contributed by atoms with E-state index in [0.29, 0.717) is 12.5 Å². The van der Waals surface area contributed by atoms with E-state index >= 15 is 0 Å². The molecule has 1 aliphatic rings. The first-order valence-corrected chi connectivity index (χ1v) is 10.7. The average Bonchev–Trinajstić information content (AvgIpc) is 2.74. The minimum Gasteiger partial charge on any atom is -0.352 e. The molecule has 0 aromatic heterocycles. The van der Waals surface area contributed by atoms with E-state index in [-0.39, 0.29) is 24.4 Å². The summed E-state index contributed by atoms with van der Waals surface area (Å²) in [5, 5.41) is 5.39. The monoisotopic (exact) mass is 429 g/mol. The van der Waals surface area contributed by atoms with Crippen molar-refractivity contribution in [2.75, 3.05) is 25.0 Å². The van der Waals surface area contributed by atoms with Crippen LogP contribution in [0.2, 0.25) is 0 Å². The molecule has 1 saturated heterocycles. The van der Waals surface area contributed by atoms with Crippen LogP contribution in [0.4, 0.5) is 14.5 Å². The highest BCUT2D eigenvalue weighted by Gasteiger charge is 2.16. The number of carbonyl (C=O) groups excluding carboxylic acids is 2. The van der Waals surface area contributed by atoms with Gasteiger partial charge in [-0.15, -0.1) is 0 Å². The zero-order chi connectivity index (χ0) is 22.2. The van der Waals surface area contributed by atoms with E-state index in [1.54, 1.807) is 0 Å². The number of hydrogen-bond donors (Lipinski definition) is 2. The summed E-state index contributed by atoms with van der Waals surface area (Å²) in [5.74, 6) is -1.61. The summed E-state index contributed by atoms with van der Waals surface area (Å²) in [6.07, 6.45) is 3.12. The molecular formula is C24H29F2N3O2. The number of benzene rings is 2. The van der Waals surface area contributed by atoms with Gasteiger partial charge in [0.1, 0.15) is 11.6 Å². The van der Waals surface area contributed by atoms with Crippen molar-refractivity contribution in [1.29, 1.82) is 0 Å². The Morgan fingerprint density at radius 3 is 2.45 bits per heavy atom. The number of nitrogens with zero attached hydrogens (tertiary/aromatic N) is 1. The van der Waals surface area contributed by atoms with E-state index in [1.165, 1.54) is 18.4 Å². The van der Waals surface area contributed by atoms with Crippen LogP contribution in [0.1, 0.15) is 48.5 Å². The number of nitrogens with one attached hydrogen (secondary N) is 2. The van der Waals surface area contributed by atoms with Gasteiger partial charge in [0.05, 0.1) is 5.56 Å². The highest BCUT2D eigenvalue weighted by Crippen LogP contribution is 2.19. The SMILES string of the molecule is CC1CCN(Cc2ccc(NC(=O)CCCNC(=O)c3ccc(F)cc3F)cc2)CC1. The summed E-state index contributed by atoms with van der Waals surface area (Å²) in [4.78, 5) is 26.5. The van der Waals surface area contributed by atoms with Crippen LogP contribution in [0.3, 0.4) is 0 Å². The standard InChI is InChI=1S/C24H29F2N3O2/c1-17-10-13-29(14-11-17)16-18-4-7-20(8-5-18)28-23(30)3-2-12-27-24(31)21-9-6-19(25)15-22(21)26/h4-9,15,17H,2-3,10-14,16H2,1H3,(H,27,31)(H,28,30). The van der Waals surface area contributed by atoms with Crippen LogP contribution < -0.4 is 10.6 Å². The quantitative estimate of drug-likeness (QED) is 0.614. The van der Waals surface area contributed by atoms with Gasteiger partial charge in [0.15, 0.2) is 0 Å². The lowest BCUT2D eigenvalue weighted by atomic mass is 9.99. The Labute approximate surface area is 181 Å². The summed E-state index contributed by atoms with van der Waals surface area (Å²) >= 11 is 0. The van der Waals surface area contributed by atoms with Gasteiger partial charge in [-0.1, -0.05) is 19.1 Å². The van der Waals surface area contributed by atoms with Gasteiger partial charge in [0.25, 0.3) is 5.91 Å². The van der Waals surface area contributed by atoms with Crippen LogP contribution in [0.5, 0.6) is 0 Å². The largest absolute Gasteiger partial charge is 0.352 e. The summed E-state index contributed by atoms with van der Waals surface area (Å²) in [6.45, 7) is 5.70. The molecule has 1 fully saturated rings. The third kappa shape index (κ3) is 7.14. The van der Waals surface area contributed by atoms with Crippen LogP contribution in [0.15, 0.2) is 42.5 Å². The second kappa shape index (κ2) is 11.0. The molecule has 166 valence electrons. The number of anilines is 1. The summed E-state index contributed by atoms with van der Waals surface area (Å²) in [5.41, 5.74) is 1.74. The smallest absolute Gasteiger partial charge is 0.254 e. The van der Waals surface area contributed by atoms with Crippen molar-refractivity contribution in [3.05, 3.63) is 65.2 Å². The second-order valence-corrected chi connectivity index (χ2v) is 8.19. The van der Waals surface area contributed by atoms with E-state index < -0.39 is 17.5 Å². The molecule has 31 heavy (non-hydrogen) atoms. The molecule has 0 aliphatic carbocycles. The van der Waals surface area contributed by atoms with E-state index in [2.05, 4.69) is 22.5 Å². The fourth-order valence-electron chi connectivity index (χ4n) is 3.62. The van der Waals surface area contributed by atoms with Crippen molar-refractivity contribution in [2.45, 2.75) is 39.2 Å². The summed E-state index contributed by atoms with van der Waals surface area (Å²) < 4.78 is 26.5. The minimum atomic E-state index is -0.909. The van der Waals surface area contributed by atoms with Crippen LogP contribution in [-0.4, -0.2) is 36.3 Å². The number of halogens is 2. The predicted octanol–water partition coefficient (Wildman–Crippen LogP) is 4.35. The van der Waals surface area contributed by atoms with Crippen molar-refractivity contribution < 1.29 is 18.4 Å². The number of amides is 2. The molecule has 5 nitrogen and oxygen atoms in total. The molecular weight excluding hydrogens is 400 g/mol. The molecule has 2 N–H and O–H groups in total. The summed E-state index contributed by atoms with van der Waals surface area (Å²) in [6, 6.07) is 10.7. The average molecular weight is 430 g/mol. The molecule has 1 heterocycles. The first-order chi connectivity index (χ1) is 14.9. The summed E-state index contributed by atoms with van der Waals surface area (Å²) in [7, 11) is 0. The fourth-order valence-corrected chi connectivity index (χ4v) is 3.62. The minimum absolute atomic E-state index is 0.153. The van der Waals surface area contributed by atoms with Gasteiger partial charge in [-0.3, -0.25) is 14.5 Å². The molecule has 2 aromatic carbocycles. The van der Waals surface area contributed by atoms with Gasteiger partial charge in [-0.25, -0.2) is 8.78 Å². The molecule has 2 amide bonds. The number of piperidine rings is 1. The number of carbonyl (C=O) groups is 2. The maximum absolute atomic E-state index is 13.6. The lowest BCUT2D eigenvalue weighted by Crippen LogP contribution is -2.32. The Morgan fingerprint density at radius 1 is 1.06 bits per heavy atom. The second-order valence-electron chi connectivity index (χ2n) is 8.19. The Hall–Kier alpha value is -2.80. The molecule has 7 heteroatoms. The van der Waals surface area contributed by atoms with Gasteiger partial charge < -0.3 is 10.6 Å². The van der Waals surface area contributed by atoms with E-state index in [0.717, 1.165) is 43.4 Å². The molecule has 0 spiro atoms. The first-order valence-electron chi connectivity index (χ1n) is 10.7. The highest BCUT2D eigenvalue weighted by molar-refractivity contribution is 5.94. The van der Waals surface area contributed by atoms with Gasteiger partial charge >= 0.3 is 0 Å². The molecule has 0 unspecified atom stereocenters. The van der Waals surface area contributed by atoms with Crippen LogP contribution in [0.25, 0.3) is 0 Å². The van der Waals surface area contributed by atoms with Gasteiger partial charge in [0.2, 0.25) is 5.91 Å². The third-order valence-corrected chi connectivity index (χ3v) is 5.56. The zero-order valence-electron chi connectivity index (χ0n) is 17.8. The maximum Gasteiger partial charge on any atom is 0.254 e. The van der Waals surface area contributed by atoms with E-state index in [4.69, 9.17) is 0 Å². The van der Waals surface area contributed by atoms with Gasteiger partial charge in [-0.2, -0.15) is 0 Å². The van der Waals surface area contributed by atoms with Crippen LogP contribution in [-0.2, 0) is 11.3 Å². The maximum atomic E-state index is 13.6. The molecule has 0 atom stereocenters. The van der Waals surface area contributed by atoms with Gasteiger partial charge in [0, 0.05) is 31.3 Å². The Morgan fingerprint density at radius 2 is 1.77 bits per heavy atom. The molecule has 3 rings (SSSR count). The zero-order valence-corrected chi connectivity index (χ0v) is 17.8. The topological polar surface area (TPSA) is 61.4 Å². The van der Waals surface area contributed by atoms with Crippen molar-refractivity contribution in [1.82, 2.24) is 10.2 Å². The van der Waals surface area contributed by atoms with Crippen molar-refractivity contribution in [2.24, 2.45) is 5.92 Å². The molecule has 2 aromatic rings. The van der Waals surface area contributed by atoms with Crippen molar-refractivity contribution in [3.63, 3.8) is 0 Å². The number of hydrogen-bond acceptors (Lipinski definition) is 3. The first kappa shape index (κ1) is 22.9. The number of likely N-dealkylation sites (tertiary alicyclic amines) is 1. The number of rotatable bonds is 8. The predicted molar refractivity (Wildman–Crippen MR) is 117 cm³/mol. The molecule has 0 saturated carbocycles. The Kier molecular flexibility index (Phi) is 8.12. The lowest BCUT2D eigenvalue weighted by Gasteiger charge is -2.30. The lowest BCUT2D eigenvalue weighted by molar-refractivity contribution is -0.116. The van der Waals surface area contributed by atoms with Crippen LogP contribution >= 0.6 is 0 Å². The molecule has 0 bridgehead atoms. The molecule has 1 aliphatic heterocycles. The van der Waals surface area contributed by atoms with Crippen molar-refractivity contribution in [3.8, 4) is 0 Å². The van der Waals surface area contributed by atoms with Crippen molar-refractivity contribution >= 4 is 17.5 Å². The highest BCUT2D eigenvalue weighted by atomic mass is 19.1. The van der Waals surface area contributed by atoms with E-state index in [1.807, 2.05) is 24.3 Å². The normalized spacial score (nSPS) is 14.9. The Bertz CT molecular complexity index is 894. The van der Waals surface area contributed by atoms with Crippen LogP contribution in [0, 0.1) is 17.6 Å². The fraction of sp³-hybridized carbons (Fsp3) is 0.417. The third-order valence-electron chi connectivity index (χ3n) is 5.56. The molecule has 0 radical (unpaired) electrons. The van der Waals surface area contributed by atoms with Gasteiger partial charge in [-0.05, 0) is 68.1 Å². The Balaban J connectivity index is 1.36.